The molecule has 9 nitrogen and oxygen atoms in total. The molecule has 0 bridgehead atoms. The second-order valence-corrected chi connectivity index (χ2v) is 8.41. The molecule has 4 rings (SSSR count). The number of amides is 1. The molecule has 0 aliphatic carbocycles. The number of aromatic amines is 1. The quantitative estimate of drug-likeness (QED) is 0.271. The molecule has 0 saturated heterocycles. The number of fused-ring (bicyclic) bond motifs is 1. The number of H-pyrrole nitrogens is 1. The van der Waals surface area contributed by atoms with E-state index in [1.54, 1.807) is 4.68 Å². The lowest BCUT2D eigenvalue weighted by molar-refractivity contribution is -0.113. The number of para-hydroxylation sites is 1. The first-order valence-electron chi connectivity index (χ1n) is 7.97. The molecule has 12 heteroatoms. The molecule has 0 atom stereocenters. The van der Waals surface area contributed by atoms with Crippen molar-refractivity contribution in [1.29, 1.82) is 0 Å². The summed E-state index contributed by atoms with van der Waals surface area (Å²) in [5.74, 6) is -0.185. The van der Waals surface area contributed by atoms with Crippen LogP contribution in [0.3, 0.4) is 0 Å². The van der Waals surface area contributed by atoms with Crippen molar-refractivity contribution in [1.82, 2.24) is 29.9 Å². The number of carbonyl (C=O) groups excluding carboxylic acids is 1. The third-order valence-corrected chi connectivity index (χ3v) is 6.27. The van der Waals surface area contributed by atoms with Crippen LogP contribution in [0.4, 0.5) is 5.13 Å². The highest BCUT2D eigenvalue weighted by atomic mass is 32.2. The molecule has 0 spiro atoms. The standard InChI is InChI=1S/C16H13N7O2S3/c1-26-16-22-21-15(28-16)18-11(24)8-27-14-19-12-10(13(25)20-14)7-17-23(12)9-5-3-2-4-6-9/h2-7H,8H2,1H3,(H,18,21,24)(H,19,20,25). The van der Waals surface area contributed by atoms with Crippen LogP contribution in [0.1, 0.15) is 0 Å². The minimum absolute atomic E-state index is 0.0715. The highest BCUT2D eigenvalue weighted by Gasteiger charge is 2.13. The van der Waals surface area contributed by atoms with Gasteiger partial charge in [-0.25, -0.2) is 9.67 Å². The van der Waals surface area contributed by atoms with Gasteiger partial charge in [0.2, 0.25) is 11.0 Å². The van der Waals surface area contributed by atoms with E-state index >= 15 is 0 Å². The van der Waals surface area contributed by atoms with Gasteiger partial charge in [-0.1, -0.05) is 53.1 Å². The molecule has 0 fully saturated rings. The van der Waals surface area contributed by atoms with Crippen molar-refractivity contribution in [3.8, 4) is 5.69 Å². The van der Waals surface area contributed by atoms with Crippen LogP contribution in [0.15, 0.2) is 50.8 Å². The molecule has 3 aromatic heterocycles. The molecule has 1 amide bonds. The molecule has 0 aliphatic heterocycles. The number of carbonyl (C=O) groups is 1. The fourth-order valence-corrected chi connectivity index (χ4v) is 4.20. The molecule has 0 aliphatic rings. The van der Waals surface area contributed by atoms with E-state index in [4.69, 9.17) is 0 Å². The van der Waals surface area contributed by atoms with E-state index in [-0.39, 0.29) is 17.2 Å². The lowest BCUT2D eigenvalue weighted by Crippen LogP contribution is -2.15. The molecule has 0 unspecified atom stereocenters. The SMILES string of the molecule is CSc1nnc(NC(=O)CSc2nc3c(cnn3-c3ccccc3)c(=O)[nH]2)s1. The summed E-state index contributed by atoms with van der Waals surface area (Å²) in [5, 5.41) is 15.9. The molecule has 0 saturated carbocycles. The minimum atomic E-state index is -0.302. The van der Waals surface area contributed by atoms with Gasteiger partial charge in [-0.2, -0.15) is 5.10 Å². The van der Waals surface area contributed by atoms with Crippen molar-refractivity contribution in [2.45, 2.75) is 9.50 Å². The van der Waals surface area contributed by atoms with E-state index in [9.17, 15) is 9.59 Å². The van der Waals surface area contributed by atoms with Crippen LogP contribution in [0.25, 0.3) is 16.7 Å². The third kappa shape index (κ3) is 3.93. The Hall–Kier alpha value is -2.70. The number of anilines is 1. The van der Waals surface area contributed by atoms with Crippen molar-refractivity contribution in [2.24, 2.45) is 0 Å². The molecule has 4 aromatic rings. The smallest absolute Gasteiger partial charge is 0.262 e. The number of aromatic nitrogens is 6. The Morgan fingerprint density at radius 3 is 2.86 bits per heavy atom. The van der Waals surface area contributed by atoms with Crippen LogP contribution in [-0.4, -0.2) is 47.9 Å². The Morgan fingerprint density at radius 2 is 2.11 bits per heavy atom. The first-order valence-corrected chi connectivity index (χ1v) is 11.0. The van der Waals surface area contributed by atoms with Gasteiger partial charge in [0.25, 0.3) is 5.56 Å². The lowest BCUT2D eigenvalue weighted by Gasteiger charge is -2.04. The number of rotatable bonds is 6. The summed E-state index contributed by atoms with van der Waals surface area (Å²) in [6.07, 6.45) is 3.37. The zero-order valence-electron chi connectivity index (χ0n) is 14.4. The van der Waals surface area contributed by atoms with Crippen molar-refractivity contribution in [3.05, 3.63) is 46.9 Å². The lowest BCUT2D eigenvalue weighted by atomic mass is 10.3. The predicted molar refractivity (Wildman–Crippen MR) is 111 cm³/mol. The van der Waals surface area contributed by atoms with Gasteiger partial charge in [0, 0.05) is 0 Å². The number of thioether (sulfide) groups is 2. The summed E-state index contributed by atoms with van der Waals surface area (Å²) < 4.78 is 2.37. The van der Waals surface area contributed by atoms with Gasteiger partial charge in [0.1, 0.15) is 5.39 Å². The fourth-order valence-electron chi connectivity index (χ4n) is 2.36. The van der Waals surface area contributed by atoms with Gasteiger partial charge in [-0.15, -0.1) is 10.2 Å². The van der Waals surface area contributed by atoms with Gasteiger partial charge in [0.15, 0.2) is 15.1 Å². The average Bonchev–Trinajstić information content (AvgIpc) is 3.34. The van der Waals surface area contributed by atoms with Gasteiger partial charge in [0.05, 0.1) is 17.6 Å². The maximum Gasteiger partial charge on any atom is 0.262 e. The topological polar surface area (TPSA) is 118 Å². The maximum absolute atomic E-state index is 12.3. The Balaban J connectivity index is 1.52. The number of nitrogens with one attached hydrogen (secondary N) is 2. The summed E-state index contributed by atoms with van der Waals surface area (Å²) in [7, 11) is 0. The van der Waals surface area contributed by atoms with Gasteiger partial charge >= 0.3 is 0 Å². The molecule has 3 heterocycles. The van der Waals surface area contributed by atoms with Crippen LogP contribution < -0.4 is 10.9 Å². The zero-order chi connectivity index (χ0) is 19.5. The first-order chi connectivity index (χ1) is 13.6. The van der Waals surface area contributed by atoms with Crippen molar-refractivity contribution in [3.63, 3.8) is 0 Å². The van der Waals surface area contributed by atoms with E-state index in [0.29, 0.717) is 21.3 Å². The van der Waals surface area contributed by atoms with Crippen LogP contribution in [0, 0.1) is 0 Å². The van der Waals surface area contributed by atoms with Gasteiger partial charge < -0.3 is 4.98 Å². The molecule has 2 N–H and O–H groups in total. The summed E-state index contributed by atoms with van der Waals surface area (Å²) >= 11 is 3.89. The van der Waals surface area contributed by atoms with E-state index in [1.165, 1.54) is 29.3 Å². The van der Waals surface area contributed by atoms with E-state index in [2.05, 4.69) is 30.6 Å². The molecule has 28 heavy (non-hydrogen) atoms. The van der Waals surface area contributed by atoms with Crippen LogP contribution >= 0.6 is 34.9 Å². The van der Waals surface area contributed by atoms with Crippen LogP contribution in [-0.2, 0) is 4.79 Å². The molecule has 142 valence electrons. The Bertz CT molecular complexity index is 1190. The second-order valence-electron chi connectivity index (χ2n) is 5.41. The fraction of sp³-hybridized carbons (Fsp3) is 0.125. The third-order valence-electron chi connectivity index (χ3n) is 3.58. The summed E-state index contributed by atoms with van der Waals surface area (Å²) in [6, 6.07) is 9.41. The van der Waals surface area contributed by atoms with Gasteiger partial charge in [-0.3, -0.25) is 14.9 Å². The van der Waals surface area contributed by atoms with Crippen molar-refractivity contribution >= 4 is 56.9 Å². The zero-order valence-corrected chi connectivity index (χ0v) is 16.9. The normalized spacial score (nSPS) is 11.0. The predicted octanol–water partition coefficient (Wildman–Crippen LogP) is 2.41. The minimum Gasteiger partial charge on any atom is -0.301 e. The van der Waals surface area contributed by atoms with Crippen molar-refractivity contribution < 1.29 is 4.79 Å². The van der Waals surface area contributed by atoms with Gasteiger partial charge in [-0.05, 0) is 18.4 Å². The second kappa shape index (κ2) is 8.12. The average molecular weight is 432 g/mol. The molecule has 1 aromatic carbocycles. The Labute approximate surface area is 171 Å². The number of hydrogen-bond acceptors (Lipinski definition) is 9. The van der Waals surface area contributed by atoms with E-state index in [0.717, 1.165) is 21.8 Å². The maximum atomic E-state index is 12.3. The summed E-state index contributed by atoms with van der Waals surface area (Å²) in [6.45, 7) is 0. The number of hydrogen-bond donors (Lipinski definition) is 2. The van der Waals surface area contributed by atoms with E-state index < -0.39 is 0 Å². The van der Waals surface area contributed by atoms with Crippen molar-refractivity contribution in [2.75, 3.05) is 17.3 Å². The van der Waals surface area contributed by atoms with E-state index in [1.807, 2.05) is 36.6 Å². The first kappa shape index (κ1) is 18.7. The summed E-state index contributed by atoms with van der Waals surface area (Å²) in [5.41, 5.74) is 0.931. The largest absolute Gasteiger partial charge is 0.301 e. The Kier molecular flexibility index (Phi) is 5.41. The Morgan fingerprint density at radius 1 is 1.29 bits per heavy atom. The highest BCUT2D eigenvalue weighted by molar-refractivity contribution is 8.00. The molecular formula is C16H13N7O2S3. The molecular weight excluding hydrogens is 418 g/mol. The van der Waals surface area contributed by atoms with Crippen LogP contribution in [0.2, 0.25) is 0 Å². The number of benzene rings is 1. The highest BCUT2D eigenvalue weighted by Crippen LogP contribution is 2.23. The number of nitrogens with zero attached hydrogens (tertiary/aromatic N) is 5. The monoisotopic (exact) mass is 431 g/mol. The molecule has 0 radical (unpaired) electrons. The summed E-state index contributed by atoms with van der Waals surface area (Å²) in [4.78, 5) is 31.6. The van der Waals surface area contributed by atoms with Crippen LogP contribution in [0.5, 0.6) is 0 Å².